The zero-order valence-electron chi connectivity index (χ0n) is 23.3. The van der Waals surface area contributed by atoms with Crippen molar-refractivity contribution in [3.8, 4) is 5.75 Å². The van der Waals surface area contributed by atoms with Crippen LogP contribution < -0.4 is 15.3 Å². The topological polar surface area (TPSA) is 192 Å². The zero-order chi connectivity index (χ0) is 29.9. The van der Waals surface area contributed by atoms with Gasteiger partial charge in [-0.2, -0.15) is 10.2 Å². The van der Waals surface area contributed by atoms with Gasteiger partial charge in [0.15, 0.2) is 11.4 Å². The molecule has 5 N–H and O–H groups in total. The standard InChI is InChI=1S/C27H35N6O8P/c1-17(26(36)39-18-8-6-7-9-18)32-42(37,41-19-10-4-3-5-11-19)38-14-21-23(34)24(35)27(40-21,15-29-2)22-13-12-20-25(28)30-16-31-33(20)22/h3-5,10-13,15-18,21,23-24,34-35H,6-9,14H2,1-2H3,(H,32,37)(H2,28,30,31)/b29-15+/t17-,21+,23+,24+,27-,42?/m0/s1. The molecule has 1 unspecified atom stereocenters. The summed E-state index contributed by atoms with van der Waals surface area (Å²) in [5, 5.41) is 29.2. The number of esters is 1. The summed E-state index contributed by atoms with van der Waals surface area (Å²) in [6.07, 6.45) is 1.74. The molecule has 0 spiro atoms. The lowest BCUT2D eigenvalue weighted by Crippen LogP contribution is -2.43. The molecule has 1 saturated carbocycles. The van der Waals surface area contributed by atoms with Crippen LogP contribution in [0.3, 0.4) is 0 Å². The number of aliphatic hydroxyl groups is 2. The van der Waals surface area contributed by atoms with E-state index in [1.165, 1.54) is 31.0 Å². The van der Waals surface area contributed by atoms with Gasteiger partial charge in [-0.25, -0.2) is 14.1 Å². The number of aromatic nitrogens is 3. The lowest BCUT2D eigenvalue weighted by molar-refractivity contribution is -0.150. The van der Waals surface area contributed by atoms with Gasteiger partial charge in [0.2, 0.25) is 0 Å². The molecule has 0 bridgehead atoms. The average Bonchev–Trinajstić information content (AvgIpc) is 3.70. The molecule has 1 aliphatic carbocycles. The first-order valence-electron chi connectivity index (χ1n) is 13.7. The van der Waals surface area contributed by atoms with Crippen LogP contribution in [-0.4, -0.2) is 81.1 Å². The van der Waals surface area contributed by atoms with Gasteiger partial charge < -0.3 is 29.9 Å². The number of anilines is 1. The minimum absolute atomic E-state index is 0.181. The van der Waals surface area contributed by atoms with Gasteiger partial charge in [0, 0.05) is 13.3 Å². The van der Waals surface area contributed by atoms with E-state index in [9.17, 15) is 19.6 Å². The quantitative estimate of drug-likeness (QED) is 0.142. The van der Waals surface area contributed by atoms with Gasteiger partial charge in [-0.15, -0.1) is 0 Å². The molecule has 15 heteroatoms. The summed E-state index contributed by atoms with van der Waals surface area (Å²) in [5.41, 5.74) is 5.11. The summed E-state index contributed by atoms with van der Waals surface area (Å²) in [4.78, 5) is 20.8. The highest BCUT2D eigenvalue weighted by molar-refractivity contribution is 7.52. The van der Waals surface area contributed by atoms with Crippen LogP contribution in [0.1, 0.15) is 38.3 Å². The van der Waals surface area contributed by atoms with Crippen molar-refractivity contribution < 1.29 is 38.1 Å². The number of rotatable bonds is 11. The Morgan fingerprint density at radius 2 is 2.02 bits per heavy atom. The molecule has 1 aromatic carbocycles. The second-order valence-corrected chi connectivity index (χ2v) is 12.0. The molecule has 2 aliphatic rings. The largest absolute Gasteiger partial charge is 0.461 e. The van der Waals surface area contributed by atoms with Gasteiger partial charge in [-0.05, 0) is 56.9 Å². The van der Waals surface area contributed by atoms with E-state index in [1.807, 2.05) is 0 Å². The number of nitrogens with one attached hydrogen (secondary N) is 1. The van der Waals surface area contributed by atoms with Crippen LogP contribution in [0, 0.1) is 0 Å². The maximum atomic E-state index is 14.0. The monoisotopic (exact) mass is 602 g/mol. The van der Waals surface area contributed by atoms with Gasteiger partial charge >= 0.3 is 13.7 Å². The van der Waals surface area contributed by atoms with Crippen LogP contribution in [0.4, 0.5) is 5.82 Å². The Bertz CT molecular complexity index is 1470. The first-order valence-corrected chi connectivity index (χ1v) is 15.2. The number of para-hydroxylation sites is 1. The number of ether oxygens (including phenoxy) is 2. The van der Waals surface area contributed by atoms with E-state index in [4.69, 9.17) is 24.3 Å². The van der Waals surface area contributed by atoms with Crippen LogP contribution >= 0.6 is 7.75 Å². The molecule has 1 aliphatic heterocycles. The molecule has 42 heavy (non-hydrogen) atoms. The van der Waals surface area contributed by atoms with Crippen molar-refractivity contribution in [1.82, 2.24) is 19.7 Å². The number of benzene rings is 1. The highest BCUT2D eigenvalue weighted by Crippen LogP contribution is 2.47. The fourth-order valence-corrected chi connectivity index (χ4v) is 6.75. The summed E-state index contributed by atoms with van der Waals surface area (Å²) >= 11 is 0. The van der Waals surface area contributed by atoms with E-state index in [2.05, 4.69) is 20.2 Å². The first-order chi connectivity index (χ1) is 20.2. The second-order valence-electron chi connectivity index (χ2n) is 10.3. The van der Waals surface area contributed by atoms with Gasteiger partial charge in [0.25, 0.3) is 0 Å². The van der Waals surface area contributed by atoms with Crippen molar-refractivity contribution in [2.45, 2.75) is 68.7 Å². The van der Waals surface area contributed by atoms with Crippen molar-refractivity contribution in [3.05, 3.63) is 54.5 Å². The highest BCUT2D eigenvalue weighted by Gasteiger charge is 2.56. The summed E-state index contributed by atoms with van der Waals surface area (Å²) in [6, 6.07) is 10.5. The number of aliphatic hydroxyl groups excluding tert-OH is 2. The number of nitrogens with zero attached hydrogens (tertiary/aromatic N) is 4. The maximum Gasteiger partial charge on any atom is 0.459 e. The van der Waals surface area contributed by atoms with Crippen LogP contribution in [0.15, 0.2) is 53.8 Å². The molecule has 3 heterocycles. The minimum Gasteiger partial charge on any atom is -0.461 e. The molecule has 6 atom stereocenters. The Balaban J connectivity index is 1.37. The van der Waals surface area contributed by atoms with Crippen molar-refractivity contribution >= 4 is 31.3 Å². The average molecular weight is 603 g/mol. The fourth-order valence-electron chi connectivity index (χ4n) is 5.25. The Hall–Kier alpha value is -3.39. The Kier molecular flexibility index (Phi) is 8.92. The third-order valence-electron chi connectivity index (χ3n) is 7.36. The Labute approximate surface area is 242 Å². The number of carbonyl (C=O) groups is 1. The number of carbonyl (C=O) groups excluding carboxylic acids is 1. The van der Waals surface area contributed by atoms with E-state index >= 15 is 0 Å². The molecule has 0 amide bonds. The number of nitrogen functional groups attached to an aromatic ring is 1. The molecule has 2 aromatic heterocycles. The third-order valence-corrected chi connectivity index (χ3v) is 9.00. The van der Waals surface area contributed by atoms with Gasteiger partial charge in [0.1, 0.15) is 48.1 Å². The molecule has 1 saturated heterocycles. The number of hydrogen-bond donors (Lipinski definition) is 4. The van der Waals surface area contributed by atoms with Crippen molar-refractivity contribution in [2.75, 3.05) is 19.4 Å². The third kappa shape index (κ3) is 6.05. The summed E-state index contributed by atoms with van der Waals surface area (Å²) in [6.45, 7) is 1.01. The lowest BCUT2D eigenvalue weighted by atomic mass is 9.92. The lowest BCUT2D eigenvalue weighted by Gasteiger charge is -2.28. The summed E-state index contributed by atoms with van der Waals surface area (Å²) in [7, 11) is -2.77. The van der Waals surface area contributed by atoms with Gasteiger partial charge in [-0.1, -0.05) is 18.2 Å². The number of nitrogens with two attached hydrogens (primary N) is 1. The van der Waals surface area contributed by atoms with E-state index in [-0.39, 0.29) is 17.7 Å². The first kappa shape index (κ1) is 30.1. The summed E-state index contributed by atoms with van der Waals surface area (Å²) in [5.74, 6) is -0.157. The summed E-state index contributed by atoms with van der Waals surface area (Å²) < 4.78 is 38.6. The van der Waals surface area contributed by atoms with E-state index in [0.29, 0.717) is 11.2 Å². The van der Waals surface area contributed by atoms with Crippen molar-refractivity contribution in [1.29, 1.82) is 0 Å². The predicted octanol–water partition coefficient (Wildman–Crippen LogP) is 2.00. The second kappa shape index (κ2) is 12.5. The molecular formula is C27H35N6O8P. The predicted molar refractivity (Wildman–Crippen MR) is 152 cm³/mol. The molecule has 14 nitrogen and oxygen atoms in total. The van der Waals surface area contributed by atoms with E-state index in [0.717, 1.165) is 25.7 Å². The zero-order valence-corrected chi connectivity index (χ0v) is 24.2. The normalized spacial score (nSPS) is 26.9. The molecule has 5 rings (SSSR count). The molecule has 226 valence electrons. The van der Waals surface area contributed by atoms with Crippen LogP contribution in [-0.2, 0) is 29.0 Å². The fraction of sp³-hybridized carbons (Fsp3) is 0.481. The SMILES string of the molecule is C/N=C/[C@@]1(c2ccc3c(N)ncnn23)O[C@H](COP(=O)(N[C@@H](C)C(=O)OC2CCCC2)Oc2ccccc2)[C@@H](O)[C@H]1O. The van der Waals surface area contributed by atoms with Gasteiger partial charge in [0.05, 0.1) is 12.3 Å². The number of fused-ring (bicyclic) bond motifs is 1. The molecule has 0 radical (unpaired) electrons. The van der Waals surface area contributed by atoms with Crippen molar-refractivity contribution in [3.63, 3.8) is 0 Å². The van der Waals surface area contributed by atoms with E-state index in [1.54, 1.807) is 42.5 Å². The molecular weight excluding hydrogens is 567 g/mol. The van der Waals surface area contributed by atoms with Crippen LogP contribution in [0.5, 0.6) is 5.75 Å². The van der Waals surface area contributed by atoms with E-state index < -0.39 is 50.3 Å². The molecule has 3 aromatic rings. The van der Waals surface area contributed by atoms with Crippen molar-refractivity contribution in [2.24, 2.45) is 4.99 Å². The maximum absolute atomic E-state index is 14.0. The smallest absolute Gasteiger partial charge is 0.459 e. The van der Waals surface area contributed by atoms with Crippen LogP contribution in [0.2, 0.25) is 0 Å². The van der Waals surface area contributed by atoms with Gasteiger partial charge in [-0.3, -0.25) is 14.3 Å². The van der Waals surface area contributed by atoms with Crippen LogP contribution in [0.25, 0.3) is 5.52 Å². The Morgan fingerprint density at radius 1 is 1.29 bits per heavy atom. The Morgan fingerprint density at radius 3 is 2.74 bits per heavy atom. The molecule has 2 fully saturated rings. The number of aliphatic imine (C=N–C) groups is 1. The minimum atomic E-state index is -4.26. The highest BCUT2D eigenvalue weighted by atomic mass is 31.2. The number of hydrogen-bond acceptors (Lipinski definition) is 12.